The number of amides is 1. The summed E-state index contributed by atoms with van der Waals surface area (Å²) in [5, 5.41) is 12.1. The van der Waals surface area contributed by atoms with E-state index in [0.717, 1.165) is 17.7 Å². The first-order chi connectivity index (χ1) is 9.78. The number of aliphatic hydroxyl groups is 1. The van der Waals surface area contributed by atoms with Crippen molar-refractivity contribution in [3.8, 4) is 5.75 Å². The van der Waals surface area contributed by atoms with Crippen LogP contribution in [0.2, 0.25) is 0 Å². The second kappa shape index (κ2) is 5.35. The number of benzene rings is 2. The Kier molecular flexibility index (Phi) is 3.39. The van der Waals surface area contributed by atoms with Crippen LogP contribution in [-0.4, -0.2) is 17.6 Å². The highest BCUT2D eigenvalue weighted by Crippen LogP contribution is 2.26. The number of anilines is 1. The molecular formula is C16H15NO3. The maximum Gasteiger partial charge on any atom is 0.255 e. The van der Waals surface area contributed by atoms with Crippen molar-refractivity contribution in [3.05, 3.63) is 59.2 Å². The van der Waals surface area contributed by atoms with Gasteiger partial charge in [-0.15, -0.1) is 0 Å². The molecule has 20 heavy (non-hydrogen) atoms. The van der Waals surface area contributed by atoms with Gasteiger partial charge in [-0.25, -0.2) is 0 Å². The summed E-state index contributed by atoms with van der Waals surface area (Å²) in [6.07, 6.45) is 0.837. The smallest absolute Gasteiger partial charge is 0.255 e. The number of para-hydroxylation sites is 1. The van der Waals surface area contributed by atoms with Crippen molar-refractivity contribution in [2.75, 3.05) is 11.9 Å². The summed E-state index contributed by atoms with van der Waals surface area (Å²) >= 11 is 0. The summed E-state index contributed by atoms with van der Waals surface area (Å²) in [4.78, 5) is 12.2. The fourth-order valence-electron chi connectivity index (χ4n) is 2.30. The molecule has 0 unspecified atom stereocenters. The van der Waals surface area contributed by atoms with Crippen molar-refractivity contribution in [1.82, 2.24) is 0 Å². The second-order valence-electron chi connectivity index (χ2n) is 4.69. The van der Waals surface area contributed by atoms with E-state index in [1.807, 2.05) is 24.3 Å². The Hall–Kier alpha value is -2.33. The number of carbonyl (C=O) groups is 1. The van der Waals surface area contributed by atoms with Crippen LogP contribution in [0.4, 0.5) is 5.69 Å². The first-order valence-corrected chi connectivity index (χ1v) is 6.54. The lowest BCUT2D eigenvalue weighted by Crippen LogP contribution is -2.13. The molecule has 0 aromatic heterocycles. The third-order valence-electron chi connectivity index (χ3n) is 3.39. The number of carbonyl (C=O) groups excluding carboxylic acids is 1. The summed E-state index contributed by atoms with van der Waals surface area (Å²) in [5.74, 6) is 0.679. The van der Waals surface area contributed by atoms with Crippen LogP contribution in [0, 0.1) is 0 Å². The zero-order valence-electron chi connectivity index (χ0n) is 10.9. The number of hydrogen-bond acceptors (Lipinski definition) is 3. The third kappa shape index (κ3) is 2.38. The molecule has 0 bridgehead atoms. The molecule has 2 N–H and O–H groups in total. The molecule has 0 radical (unpaired) electrons. The largest absolute Gasteiger partial charge is 0.493 e. The number of nitrogens with one attached hydrogen (secondary N) is 1. The average molecular weight is 269 g/mol. The molecule has 4 heteroatoms. The van der Waals surface area contributed by atoms with Crippen molar-refractivity contribution in [3.63, 3.8) is 0 Å². The molecule has 2 aromatic carbocycles. The fourth-order valence-corrected chi connectivity index (χ4v) is 2.30. The minimum atomic E-state index is -0.180. The van der Waals surface area contributed by atoms with E-state index in [1.165, 1.54) is 0 Å². The zero-order valence-corrected chi connectivity index (χ0v) is 10.9. The average Bonchev–Trinajstić information content (AvgIpc) is 2.95. The normalized spacial score (nSPS) is 12.7. The lowest BCUT2D eigenvalue weighted by atomic mass is 10.1. The van der Waals surface area contributed by atoms with E-state index >= 15 is 0 Å². The Labute approximate surface area is 117 Å². The van der Waals surface area contributed by atoms with Gasteiger partial charge in [-0.2, -0.15) is 0 Å². The van der Waals surface area contributed by atoms with E-state index in [0.29, 0.717) is 23.4 Å². The molecule has 0 saturated carbocycles. The van der Waals surface area contributed by atoms with E-state index in [2.05, 4.69) is 5.32 Å². The summed E-state index contributed by atoms with van der Waals surface area (Å²) in [7, 11) is 0. The topological polar surface area (TPSA) is 58.6 Å². The standard InChI is InChI=1S/C16H15NO3/c18-10-13-3-1-2-4-14(13)17-16(19)12-5-6-15-11(9-12)7-8-20-15/h1-6,9,18H,7-8,10H2,(H,17,19). The first-order valence-electron chi connectivity index (χ1n) is 6.54. The summed E-state index contributed by atoms with van der Waals surface area (Å²) in [6, 6.07) is 12.7. The lowest BCUT2D eigenvalue weighted by molar-refractivity contribution is 0.102. The van der Waals surface area contributed by atoms with Gasteiger partial charge in [-0.3, -0.25) is 4.79 Å². The van der Waals surface area contributed by atoms with Crippen LogP contribution in [0.1, 0.15) is 21.5 Å². The van der Waals surface area contributed by atoms with Gasteiger partial charge in [0.2, 0.25) is 0 Å². The van der Waals surface area contributed by atoms with E-state index in [1.54, 1.807) is 18.2 Å². The zero-order chi connectivity index (χ0) is 13.9. The van der Waals surface area contributed by atoms with E-state index < -0.39 is 0 Å². The molecule has 1 aliphatic heterocycles. The highest BCUT2D eigenvalue weighted by molar-refractivity contribution is 6.04. The van der Waals surface area contributed by atoms with Gasteiger partial charge in [0, 0.05) is 23.2 Å². The van der Waals surface area contributed by atoms with Gasteiger partial charge in [0.1, 0.15) is 5.75 Å². The predicted octanol–water partition coefficient (Wildman–Crippen LogP) is 2.37. The van der Waals surface area contributed by atoms with Gasteiger partial charge in [0.25, 0.3) is 5.91 Å². The molecule has 0 saturated heterocycles. The van der Waals surface area contributed by atoms with Crippen molar-refractivity contribution in [2.45, 2.75) is 13.0 Å². The van der Waals surface area contributed by atoms with E-state index in [-0.39, 0.29) is 12.5 Å². The van der Waals surface area contributed by atoms with Crippen LogP contribution in [-0.2, 0) is 13.0 Å². The molecule has 2 aromatic rings. The van der Waals surface area contributed by atoms with E-state index in [9.17, 15) is 9.90 Å². The van der Waals surface area contributed by atoms with Gasteiger partial charge in [0.15, 0.2) is 0 Å². The Balaban J connectivity index is 1.83. The maximum atomic E-state index is 12.2. The lowest BCUT2D eigenvalue weighted by Gasteiger charge is -2.10. The molecule has 0 spiro atoms. The van der Waals surface area contributed by atoms with Crippen LogP contribution < -0.4 is 10.1 Å². The van der Waals surface area contributed by atoms with E-state index in [4.69, 9.17) is 4.74 Å². The SMILES string of the molecule is O=C(Nc1ccccc1CO)c1ccc2c(c1)CCO2. The summed E-state index contributed by atoms with van der Waals surface area (Å²) in [6.45, 7) is 0.572. The molecular weight excluding hydrogens is 254 g/mol. The van der Waals surface area contributed by atoms with Crippen LogP contribution in [0.3, 0.4) is 0 Å². The van der Waals surface area contributed by atoms with Gasteiger partial charge in [-0.1, -0.05) is 18.2 Å². The van der Waals surface area contributed by atoms with Crippen LogP contribution >= 0.6 is 0 Å². The summed E-state index contributed by atoms with van der Waals surface area (Å²) < 4.78 is 5.42. The van der Waals surface area contributed by atoms with Crippen molar-refractivity contribution in [1.29, 1.82) is 0 Å². The van der Waals surface area contributed by atoms with Gasteiger partial charge >= 0.3 is 0 Å². The molecule has 1 aliphatic rings. The molecule has 0 fully saturated rings. The monoisotopic (exact) mass is 269 g/mol. The van der Waals surface area contributed by atoms with Crippen LogP contribution in [0.15, 0.2) is 42.5 Å². The Morgan fingerprint density at radius 3 is 2.95 bits per heavy atom. The highest BCUT2D eigenvalue weighted by Gasteiger charge is 2.15. The highest BCUT2D eigenvalue weighted by atomic mass is 16.5. The van der Waals surface area contributed by atoms with Crippen molar-refractivity contribution in [2.24, 2.45) is 0 Å². The Morgan fingerprint density at radius 2 is 2.10 bits per heavy atom. The molecule has 1 amide bonds. The Morgan fingerprint density at radius 1 is 1.25 bits per heavy atom. The number of hydrogen-bond donors (Lipinski definition) is 2. The number of fused-ring (bicyclic) bond motifs is 1. The van der Waals surface area contributed by atoms with Crippen LogP contribution in [0.5, 0.6) is 5.75 Å². The van der Waals surface area contributed by atoms with Gasteiger partial charge < -0.3 is 15.2 Å². The minimum absolute atomic E-state index is 0.103. The first kappa shape index (κ1) is 12.7. The molecule has 102 valence electrons. The molecule has 4 nitrogen and oxygen atoms in total. The number of rotatable bonds is 3. The molecule has 0 aliphatic carbocycles. The fraction of sp³-hybridized carbons (Fsp3) is 0.188. The second-order valence-corrected chi connectivity index (χ2v) is 4.69. The molecule has 3 rings (SSSR count). The number of ether oxygens (including phenoxy) is 1. The van der Waals surface area contributed by atoms with Crippen LogP contribution in [0.25, 0.3) is 0 Å². The van der Waals surface area contributed by atoms with Crippen molar-refractivity contribution >= 4 is 11.6 Å². The number of aliphatic hydroxyl groups excluding tert-OH is 1. The minimum Gasteiger partial charge on any atom is -0.493 e. The molecule has 0 atom stereocenters. The summed E-state index contributed by atoms with van der Waals surface area (Å²) in [5.41, 5.74) is 3.00. The Bertz CT molecular complexity index is 652. The maximum absolute atomic E-state index is 12.2. The third-order valence-corrected chi connectivity index (χ3v) is 3.39. The van der Waals surface area contributed by atoms with Gasteiger partial charge in [0.05, 0.1) is 13.2 Å². The van der Waals surface area contributed by atoms with Crippen molar-refractivity contribution < 1.29 is 14.6 Å². The predicted molar refractivity (Wildman–Crippen MR) is 76.0 cm³/mol. The quantitative estimate of drug-likeness (QED) is 0.899. The van der Waals surface area contributed by atoms with Gasteiger partial charge in [-0.05, 0) is 29.8 Å². The molecule has 1 heterocycles.